The number of hydrogen-bond donors (Lipinski definition) is 1. The lowest BCUT2D eigenvalue weighted by Crippen LogP contribution is -2.14. The summed E-state index contributed by atoms with van der Waals surface area (Å²) in [6.07, 6.45) is -0.708. The van der Waals surface area contributed by atoms with Gasteiger partial charge in [-0.1, -0.05) is 24.3 Å². The molecule has 0 bridgehead atoms. The lowest BCUT2D eigenvalue weighted by molar-refractivity contribution is -0.145. The third-order valence-corrected chi connectivity index (χ3v) is 3.41. The molecule has 122 valence electrons. The van der Waals surface area contributed by atoms with Crippen LogP contribution in [0.25, 0.3) is 0 Å². The highest BCUT2D eigenvalue weighted by Crippen LogP contribution is 2.18. The Morgan fingerprint density at radius 1 is 0.957 bits per heavy atom. The van der Waals surface area contributed by atoms with Crippen molar-refractivity contribution in [3.05, 3.63) is 59.7 Å². The number of esters is 1. The monoisotopic (exact) mass is 316 g/mol. The van der Waals surface area contributed by atoms with Gasteiger partial charge in [0.05, 0.1) is 20.6 Å². The van der Waals surface area contributed by atoms with Crippen LogP contribution >= 0.6 is 0 Å². The van der Waals surface area contributed by atoms with Crippen molar-refractivity contribution in [2.75, 3.05) is 20.8 Å². The van der Waals surface area contributed by atoms with E-state index in [4.69, 9.17) is 14.2 Å². The molecule has 1 unspecified atom stereocenters. The molecular weight excluding hydrogens is 296 g/mol. The van der Waals surface area contributed by atoms with E-state index >= 15 is 0 Å². The number of ether oxygens (including phenoxy) is 3. The largest absolute Gasteiger partial charge is 0.497 e. The summed E-state index contributed by atoms with van der Waals surface area (Å²) in [5.74, 6) is 1.05. The minimum absolute atomic E-state index is 0.0820. The predicted octanol–water partition coefficient (Wildman–Crippen LogP) is 2.52. The van der Waals surface area contributed by atoms with Crippen molar-refractivity contribution >= 4 is 5.97 Å². The summed E-state index contributed by atoms with van der Waals surface area (Å²) in [6.45, 7) is -0.0820. The number of rotatable bonds is 7. The summed E-state index contributed by atoms with van der Waals surface area (Å²) < 4.78 is 15.2. The quantitative estimate of drug-likeness (QED) is 0.795. The van der Waals surface area contributed by atoms with Gasteiger partial charge in [0, 0.05) is 0 Å². The van der Waals surface area contributed by atoms with Gasteiger partial charge in [-0.3, -0.25) is 4.79 Å². The Labute approximate surface area is 135 Å². The van der Waals surface area contributed by atoms with Gasteiger partial charge in [0.15, 0.2) is 0 Å². The Morgan fingerprint density at radius 2 is 1.48 bits per heavy atom. The van der Waals surface area contributed by atoms with Gasteiger partial charge >= 0.3 is 5.97 Å². The first kappa shape index (κ1) is 16.8. The zero-order valence-corrected chi connectivity index (χ0v) is 13.2. The van der Waals surface area contributed by atoms with Gasteiger partial charge in [0.1, 0.15) is 24.2 Å². The molecule has 2 aromatic rings. The van der Waals surface area contributed by atoms with Crippen molar-refractivity contribution in [3.63, 3.8) is 0 Å². The minimum Gasteiger partial charge on any atom is -0.497 e. The highest BCUT2D eigenvalue weighted by Gasteiger charge is 2.12. The van der Waals surface area contributed by atoms with Gasteiger partial charge in [-0.2, -0.15) is 0 Å². The van der Waals surface area contributed by atoms with Gasteiger partial charge in [-0.25, -0.2) is 0 Å². The van der Waals surface area contributed by atoms with Crippen LogP contribution in [0.3, 0.4) is 0 Å². The molecule has 5 nitrogen and oxygen atoms in total. The molecule has 2 rings (SSSR count). The van der Waals surface area contributed by atoms with Crippen LogP contribution in [0.5, 0.6) is 11.5 Å². The number of benzene rings is 2. The fraction of sp³-hybridized carbons (Fsp3) is 0.278. The van der Waals surface area contributed by atoms with Crippen molar-refractivity contribution in [3.8, 4) is 11.5 Å². The molecule has 0 radical (unpaired) electrons. The Hall–Kier alpha value is -2.53. The molecule has 0 fully saturated rings. The Balaban J connectivity index is 1.82. The Bertz CT molecular complexity index is 619. The van der Waals surface area contributed by atoms with Crippen LogP contribution in [0.1, 0.15) is 17.2 Å². The van der Waals surface area contributed by atoms with Crippen molar-refractivity contribution < 1.29 is 24.1 Å². The van der Waals surface area contributed by atoms with Crippen LogP contribution in [0.15, 0.2) is 48.5 Å². The molecule has 1 N–H and O–H groups in total. The van der Waals surface area contributed by atoms with E-state index < -0.39 is 6.10 Å². The molecule has 0 aromatic heterocycles. The number of aliphatic hydroxyl groups excluding tert-OH is 1. The molecule has 5 heteroatoms. The molecule has 1 atom stereocenters. The maximum Gasteiger partial charge on any atom is 0.310 e. The second-order valence-corrected chi connectivity index (χ2v) is 5.00. The molecule has 0 aliphatic carbocycles. The molecule has 0 spiro atoms. The Kier molecular flexibility index (Phi) is 6.00. The van der Waals surface area contributed by atoms with Gasteiger partial charge in [0.25, 0.3) is 0 Å². The van der Waals surface area contributed by atoms with E-state index in [0.717, 1.165) is 11.3 Å². The first-order chi connectivity index (χ1) is 11.1. The average molecular weight is 316 g/mol. The predicted molar refractivity (Wildman–Crippen MR) is 85.6 cm³/mol. The fourth-order valence-electron chi connectivity index (χ4n) is 2.06. The number of carbonyl (C=O) groups is 1. The summed E-state index contributed by atoms with van der Waals surface area (Å²) in [6, 6.07) is 14.2. The summed E-state index contributed by atoms with van der Waals surface area (Å²) in [5, 5.41) is 10.0. The maximum absolute atomic E-state index is 11.8. The minimum atomic E-state index is -0.860. The number of carbonyl (C=O) groups excluding carboxylic acids is 1. The molecule has 0 saturated heterocycles. The van der Waals surface area contributed by atoms with E-state index in [1.807, 2.05) is 0 Å². The van der Waals surface area contributed by atoms with E-state index in [1.54, 1.807) is 62.8 Å². The summed E-state index contributed by atoms with van der Waals surface area (Å²) in [5.41, 5.74) is 1.50. The summed E-state index contributed by atoms with van der Waals surface area (Å²) in [4.78, 5) is 11.8. The van der Waals surface area contributed by atoms with E-state index in [9.17, 15) is 9.90 Å². The van der Waals surface area contributed by atoms with Crippen LogP contribution in [0.4, 0.5) is 0 Å². The third-order valence-electron chi connectivity index (χ3n) is 3.41. The van der Waals surface area contributed by atoms with Crippen molar-refractivity contribution in [1.29, 1.82) is 0 Å². The molecule has 0 saturated carbocycles. The van der Waals surface area contributed by atoms with Crippen LogP contribution in [-0.2, 0) is 16.0 Å². The highest BCUT2D eigenvalue weighted by molar-refractivity contribution is 5.72. The van der Waals surface area contributed by atoms with Gasteiger partial charge in [0.2, 0.25) is 0 Å². The lowest BCUT2D eigenvalue weighted by atomic mass is 10.1. The van der Waals surface area contributed by atoms with Gasteiger partial charge < -0.3 is 19.3 Å². The van der Waals surface area contributed by atoms with Crippen molar-refractivity contribution in [2.45, 2.75) is 12.5 Å². The second kappa shape index (κ2) is 8.19. The van der Waals surface area contributed by atoms with Crippen molar-refractivity contribution in [1.82, 2.24) is 0 Å². The zero-order chi connectivity index (χ0) is 16.7. The fourth-order valence-corrected chi connectivity index (χ4v) is 2.06. The van der Waals surface area contributed by atoms with Crippen LogP contribution in [-0.4, -0.2) is 31.9 Å². The molecule has 0 amide bonds. The van der Waals surface area contributed by atoms with Gasteiger partial charge in [-0.05, 0) is 35.4 Å². The van der Waals surface area contributed by atoms with E-state index in [1.165, 1.54) is 0 Å². The molecule has 2 aromatic carbocycles. The topological polar surface area (TPSA) is 65.0 Å². The Morgan fingerprint density at radius 3 is 2.00 bits per heavy atom. The highest BCUT2D eigenvalue weighted by atomic mass is 16.5. The maximum atomic E-state index is 11.8. The van der Waals surface area contributed by atoms with E-state index in [2.05, 4.69) is 0 Å². The van der Waals surface area contributed by atoms with Crippen LogP contribution in [0, 0.1) is 0 Å². The zero-order valence-electron chi connectivity index (χ0n) is 13.2. The summed E-state index contributed by atoms with van der Waals surface area (Å²) >= 11 is 0. The first-order valence-electron chi connectivity index (χ1n) is 7.23. The average Bonchev–Trinajstić information content (AvgIpc) is 2.60. The lowest BCUT2D eigenvalue weighted by Gasteiger charge is -2.12. The molecule has 0 aliphatic rings. The van der Waals surface area contributed by atoms with Crippen LogP contribution in [0.2, 0.25) is 0 Å². The molecular formula is C18H20O5. The standard InChI is InChI=1S/C18H20O5/c1-21-15-7-3-13(4-8-15)11-18(20)23-12-17(19)14-5-9-16(22-2)10-6-14/h3-10,17,19H,11-12H2,1-2H3. The van der Waals surface area contributed by atoms with Crippen molar-refractivity contribution in [2.24, 2.45) is 0 Å². The number of hydrogen-bond acceptors (Lipinski definition) is 5. The summed E-state index contributed by atoms with van der Waals surface area (Å²) in [7, 11) is 3.16. The number of methoxy groups -OCH3 is 2. The molecule has 0 heterocycles. The van der Waals surface area contributed by atoms with Gasteiger partial charge in [-0.15, -0.1) is 0 Å². The smallest absolute Gasteiger partial charge is 0.310 e. The second-order valence-electron chi connectivity index (χ2n) is 5.00. The normalized spacial score (nSPS) is 11.6. The SMILES string of the molecule is COc1ccc(CC(=O)OCC(O)c2ccc(OC)cc2)cc1. The van der Waals surface area contributed by atoms with Crippen LogP contribution < -0.4 is 9.47 Å². The first-order valence-corrected chi connectivity index (χ1v) is 7.23. The van der Waals surface area contributed by atoms with E-state index in [-0.39, 0.29) is 19.0 Å². The molecule has 0 aliphatic heterocycles. The van der Waals surface area contributed by atoms with E-state index in [0.29, 0.717) is 11.3 Å². The number of aliphatic hydroxyl groups is 1. The molecule has 23 heavy (non-hydrogen) atoms. The third kappa shape index (κ3) is 5.00.